The maximum absolute atomic E-state index is 12.2. The normalized spacial score (nSPS) is 10.9. The van der Waals surface area contributed by atoms with Gasteiger partial charge in [0.2, 0.25) is 5.76 Å². The zero-order valence-electron chi connectivity index (χ0n) is 14.6. The van der Waals surface area contributed by atoms with E-state index in [1.807, 2.05) is 0 Å². The van der Waals surface area contributed by atoms with Crippen molar-refractivity contribution in [2.75, 3.05) is 20.3 Å². The molecule has 0 saturated heterocycles. The molecule has 2 rings (SSSR count). The Bertz CT molecular complexity index is 792. The van der Waals surface area contributed by atoms with E-state index < -0.39 is 5.97 Å². The van der Waals surface area contributed by atoms with Crippen molar-refractivity contribution in [3.05, 3.63) is 65.4 Å². The first kappa shape index (κ1) is 19.1. The number of hydrogen-bond acceptors (Lipinski definition) is 5. The molecule has 26 heavy (non-hydrogen) atoms. The van der Waals surface area contributed by atoms with E-state index >= 15 is 0 Å². The summed E-state index contributed by atoms with van der Waals surface area (Å²) in [6, 6.07) is 13.6. The summed E-state index contributed by atoms with van der Waals surface area (Å²) in [6.07, 6.45) is 1.43. The molecular formula is C20H20O6. The van der Waals surface area contributed by atoms with Gasteiger partial charge in [0.05, 0.1) is 13.7 Å². The molecule has 0 unspecified atom stereocenters. The molecule has 0 aliphatic heterocycles. The van der Waals surface area contributed by atoms with Gasteiger partial charge in [0.1, 0.15) is 11.5 Å². The van der Waals surface area contributed by atoms with Gasteiger partial charge in [0.25, 0.3) is 0 Å². The number of ether oxygens (including phenoxy) is 3. The number of aliphatic carboxylic acids is 1. The molecule has 0 heterocycles. The molecule has 6 nitrogen and oxygen atoms in total. The van der Waals surface area contributed by atoms with Crippen LogP contribution in [0.3, 0.4) is 0 Å². The lowest BCUT2D eigenvalue weighted by molar-refractivity contribution is -0.136. The second-order valence-electron chi connectivity index (χ2n) is 5.26. The van der Waals surface area contributed by atoms with Crippen molar-refractivity contribution in [3.63, 3.8) is 0 Å². The van der Waals surface area contributed by atoms with E-state index in [2.05, 4.69) is 0 Å². The first-order valence-corrected chi connectivity index (χ1v) is 8.01. The third-order valence-corrected chi connectivity index (χ3v) is 3.45. The minimum absolute atomic E-state index is 0.109. The van der Waals surface area contributed by atoms with Crippen molar-refractivity contribution in [3.8, 4) is 11.5 Å². The van der Waals surface area contributed by atoms with Gasteiger partial charge in [-0.2, -0.15) is 0 Å². The number of hydrogen-bond donors (Lipinski definition) is 1. The van der Waals surface area contributed by atoms with Crippen LogP contribution in [-0.4, -0.2) is 37.2 Å². The predicted molar refractivity (Wildman–Crippen MR) is 96.5 cm³/mol. The lowest BCUT2D eigenvalue weighted by Gasteiger charge is -2.07. The number of ketones is 1. The van der Waals surface area contributed by atoms with Crippen molar-refractivity contribution < 1.29 is 28.9 Å². The largest absolute Gasteiger partial charge is 0.497 e. The summed E-state index contributed by atoms with van der Waals surface area (Å²) in [5.41, 5.74) is 1.16. The number of carbonyl (C=O) groups excluding carboxylic acids is 1. The van der Waals surface area contributed by atoms with E-state index in [1.165, 1.54) is 13.2 Å². The second-order valence-corrected chi connectivity index (χ2v) is 5.26. The number of carbonyl (C=O) groups is 2. The molecule has 136 valence electrons. The first-order valence-electron chi connectivity index (χ1n) is 8.01. The molecule has 0 atom stereocenters. The zero-order chi connectivity index (χ0) is 18.9. The van der Waals surface area contributed by atoms with Gasteiger partial charge in [0.15, 0.2) is 12.4 Å². The molecule has 0 fully saturated rings. The van der Waals surface area contributed by atoms with Gasteiger partial charge in [-0.3, -0.25) is 4.79 Å². The van der Waals surface area contributed by atoms with E-state index in [0.29, 0.717) is 22.6 Å². The summed E-state index contributed by atoms with van der Waals surface area (Å²) in [7, 11) is 1.54. The third kappa shape index (κ3) is 5.37. The monoisotopic (exact) mass is 356 g/mol. The Hall–Kier alpha value is -3.28. The fourth-order valence-electron chi connectivity index (χ4n) is 2.16. The van der Waals surface area contributed by atoms with Crippen LogP contribution in [0.25, 0.3) is 6.08 Å². The smallest absolute Gasteiger partial charge is 0.371 e. The first-order chi connectivity index (χ1) is 12.5. The van der Waals surface area contributed by atoms with E-state index in [-0.39, 0.29) is 24.8 Å². The molecule has 6 heteroatoms. The summed E-state index contributed by atoms with van der Waals surface area (Å²) in [5, 5.41) is 9.05. The number of rotatable bonds is 9. The highest BCUT2D eigenvalue weighted by Gasteiger charge is 2.09. The van der Waals surface area contributed by atoms with Crippen LogP contribution in [0.4, 0.5) is 0 Å². The van der Waals surface area contributed by atoms with Gasteiger partial charge in [-0.15, -0.1) is 0 Å². The Balaban J connectivity index is 1.99. The second kappa shape index (κ2) is 9.27. The highest BCUT2D eigenvalue weighted by Crippen LogP contribution is 2.17. The average molecular weight is 356 g/mol. The Labute approximate surface area is 151 Å². The number of benzene rings is 2. The van der Waals surface area contributed by atoms with Crippen LogP contribution in [-0.2, 0) is 9.53 Å². The van der Waals surface area contributed by atoms with Crippen molar-refractivity contribution in [1.29, 1.82) is 0 Å². The Kier molecular flexibility index (Phi) is 6.79. The standard InChI is InChI=1S/C20H20O6/c1-3-25-19(20(22)23)11-14-7-9-16(10-8-14)26-13-18(21)15-5-4-6-17(12-15)24-2/h4-12H,3,13H2,1-2H3,(H,22,23)/b19-11+. The number of carboxylic acid groups (broad SMARTS) is 1. The Morgan fingerprint density at radius 2 is 1.81 bits per heavy atom. The van der Waals surface area contributed by atoms with Crippen molar-refractivity contribution >= 4 is 17.8 Å². The van der Waals surface area contributed by atoms with Gasteiger partial charge in [-0.25, -0.2) is 4.79 Å². The van der Waals surface area contributed by atoms with Crippen molar-refractivity contribution in [1.82, 2.24) is 0 Å². The van der Waals surface area contributed by atoms with Crippen LogP contribution < -0.4 is 9.47 Å². The minimum Gasteiger partial charge on any atom is -0.497 e. The summed E-state index contributed by atoms with van der Waals surface area (Å²) in [4.78, 5) is 23.2. The van der Waals surface area contributed by atoms with Gasteiger partial charge in [-0.1, -0.05) is 24.3 Å². The lowest BCUT2D eigenvalue weighted by atomic mass is 10.1. The number of Topliss-reactive ketones (excluding diaryl/α,β-unsaturated/α-hetero) is 1. The van der Waals surface area contributed by atoms with Gasteiger partial charge < -0.3 is 19.3 Å². The molecule has 0 aliphatic carbocycles. The summed E-state index contributed by atoms with van der Waals surface area (Å²) >= 11 is 0. The van der Waals surface area contributed by atoms with Gasteiger partial charge in [-0.05, 0) is 42.8 Å². The van der Waals surface area contributed by atoms with Crippen LogP contribution in [0, 0.1) is 0 Å². The van der Waals surface area contributed by atoms with Crippen molar-refractivity contribution in [2.45, 2.75) is 6.92 Å². The average Bonchev–Trinajstić information content (AvgIpc) is 2.66. The van der Waals surface area contributed by atoms with E-state index in [4.69, 9.17) is 19.3 Å². The molecule has 0 amide bonds. The topological polar surface area (TPSA) is 82.1 Å². The predicted octanol–water partition coefficient (Wildman–Crippen LogP) is 3.42. The molecular weight excluding hydrogens is 336 g/mol. The maximum atomic E-state index is 12.2. The quantitative estimate of drug-likeness (QED) is 0.421. The Morgan fingerprint density at radius 1 is 1.08 bits per heavy atom. The van der Waals surface area contributed by atoms with Gasteiger partial charge in [0, 0.05) is 5.56 Å². The van der Waals surface area contributed by atoms with Crippen LogP contribution in [0.1, 0.15) is 22.8 Å². The van der Waals surface area contributed by atoms with E-state index in [0.717, 1.165) is 0 Å². The number of methoxy groups -OCH3 is 1. The molecule has 2 aromatic carbocycles. The minimum atomic E-state index is -1.13. The molecule has 0 aliphatic rings. The SMILES string of the molecule is CCO/C(=C/c1ccc(OCC(=O)c2cccc(OC)c2)cc1)C(=O)O. The van der Waals surface area contributed by atoms with Crippen LogP contribution in [0.15, 0.2) is 54.3 Å². The van der Waals surface area contributed by atoms with Crippen LogP contribution in [0.5, 0.6) is 11.5 Å². The molecule has 0 bridgehead atoms. The maximum Gasteiger partial charge on any atom is 0.371 e. The fourth-order valence-corrected chi connectivity index (χ4v) is 2.16. The fraction of sp³-hybridized carbons (Fsp3) is 0.200. The molecule has 0 radical (unpaired) electrons. The molecule has 0 saturated carbocycles. The van der Waals surface area contributed by atoms with Gasteiger partial charge >= 0.3 is 5.97 Å². The third-order valence-electron chi connectivity index (χ3n) is 3.45. The van der Waals surface area contributed by atoms with E-state index in [1.54, 1.807) is 55.5 Å². The summed E-state index contributed by atoms with van der Waals surface area (Å²) < 4.78 is 15.6. The van der Waals surface area contributed by atoms with Crippen LogP contribution in [0.2, 0.25) is 0 Å². The highest BCUT2D eigenvalue weighted by molar-refractivity contribution is 5.97. The molecule has 0 spiro atoms. The molecule has 0 aromatic heterocycles. The van der Waals surface area contributed by atoms with Crippen LogP contribution >= 0.6 is 0 Å². The van der Waals surface area contributed by atoms with E-state index in [9.17, 15) is 9.59 Å². The lowest BCUT2D eigenvalue weighted by Crippen LogP contribution is -2.11. The summed E-state index contributed by atoms with van der Waals surface area (Å²) in [5.74, 6) is -0.315. The Morgan fingerprint density at radius 3 is 2.42 bits per heavy atom. The highest BCUT2D eigenvalue weighted by atomic mass is 16.5. The summed E-state index contributed by atoms with van der Waals surface area (Å²) in [6.45, 7) is 1.88. The molecule has 2 aromatic rings. The number of carboxylic acids is 1. The zero-order valence-corrected chi connectivity index (χ0v) is 14.6. The van der Waals surface area contributed by atoms with Crippen molar-refractivity contribution in [2.24, 2.45) is 0 Å². The molecule has 1 N–H and O–H groups in total.